The fourth-order valence-electron chi connectivity index (χ4n) is 2.50. The molecule has 0 unspecified atom stereocenters. The van der Waals surface area contributed by atoms with Crippen LogP contribution in [-0.2, 0) is 24.2 Å². The molecule has 1 aromatic carbocycles. The normalized spacial score (nSPS) is 13.4. The molecule has 0 aliphatic carbocycles. The van der Waals surface area contributed by atoms with Gasteiger partial charge in [0.1, 0.15) is 11.9 Å². The summed E-state index contributed by atoms with van der Waals surface area (Å²) in [5, 5.41) is 12.4. The molecule has 0 aliphatic rings. The number of aryl methyl sites for hydroxylation is 2. The van der Waals surface area contributed by atoms with Crippen molar-refractivity contribution >= 4 is 5.97 Å². The van der Waals surface area contributed by atoms with E-state index in [9.17, 15) is 9.90 Å². The zero-order chi connectivity index (χ0) is 17.4. The fourth-order valence-corrected chi connectivity index (χ4v) is 2.50. The molecule has 2 atom stereocenters. The summed E-state index contributed by atoms with van der Waals surface area (Å²) in [5.74, 6) is 0.0672. The largest absolute Gasteiger partial charge is 0.480 e. The first-order chi connectivity index (χ1) is 11.6. The first kappa shape index (κ1) is 18.1. The Balaban J connectivity index is 1.86. The first-order valence-corrected chi connectivity index (χ1v) is 8.40. The smallest absolute Gasteiger partial charge is 0.320 e. The van der Waals surface area contributed by atoms with Crippen molar-refractivity contribution in [1.29, 1.82) is 0 Å². The van der Waals surface area contributed by atoms with Crippen LogP contribution in [0.1, 0.15) is 37.2 Å². The van der Waals surface area contributed by atoms with Crippen molar-refractivity contribution in [2.45, 2.75) is 45.7 Å². The van der Waals surface area contributed by atoms with Gasteiger partial charge in [0, 0.05) is 30.9 Å². The van der Waals surface area contributed by atoms with Crippen molar-refractivity contribution < 1.29 is 9.90 Å². The maximum absolute atomic E-state index is 11.3. The Morgan fingerprint density at radius 2 is 1.79 bits per heavy atom. The van der Waals surface area contributed by atoms with Gasteiger partial charge in [0.05, 0.1) is 0 Å². The van der Waals surface area contributed by atoms with E-state index in [1.807, 2.05) is 32.0 Å². The molecule has 0 fully saturated rings. The number of aromatic nitrogens is 2. The lowest BCUT2D eigenvalue weighted by molar-refractivity contribution is -0.140. The molecular weight excluding hydrogens is 302 g/mol. The second-order valence-corrected chi connectivity index (χ2v) is 6.08. The number of carboxylic acids is 1. The van der Waals surface area contributed by atoms with Gasteiger partial charge in [-0.25, -0.2) is 9.97 Å². The van der Waals surface area contributed by atoms with Gasteiger partial charge in [0.25, 0.3) is 0 Å². The average Bonchev–Trinajstić information content (AvgIpc) is 2.61. The molecule has 128 valence electrons. The molecule has 0 radical (unpaired) electrons. The average molecular weight is 327 g/mol. The summed E-state index contributed by atoms with van der Waals surface area (Å²) in [6.07, 6.45) is 6.07. The van der Waals surface area contributed by atoms with Crippen molar-refractivity contribution in [3.05, 3.63) is 59.7 Å². The fraction of sp³-hybridized carbons (Fsp3) is 0.421. The number of carboxylic acid groups (broad SMARTS) is 1. The highest BCUT2D eigenvalue weighted by molar-refractivity contribution is 5.73. The van der Waals surface area contributed by atoms with Crippen molar-refractivity contribution in [3.8, 4) is 0 Å². The maximum atomic E-state index is 11.3. The van der Waals surface area contributed by atoms with E-state index in [-0.39, 0.29) is 5.92 Å². The van der Waals surface area contributed by atoms with Gasteiger partial charge in [-0.05, 0) is 17.9 Å². The van der Waals surface area contributed by atoms with Gasteiger partial charge in [-0.3, -0.25) is 10.1 Å². The number of benzene rings is 1. The molecular formula is C19H25N3O2. The Morgan fingerprint density at radius 1 is 1.12 bits per heavy atom. The minimum absolute atomic E-state index is 0.0774. The van der Waals surface area contributed by atoms with Crippen LogP contribution >= 0.6 is 0 Å². The highest BCUT2D eigenvalue weighted by Gasteiger charge is 2.22. The van der Waals surface area contributed by atoms with Gasteiger partial charge < -0.3 is 5.11 Å². The third-order valence-electron chi connectivity index (χ3n) is 4.24. The number of rotatable bonds is 9. The van der Waals surface area contributed by atoms with E-state index >= 15 is 0 Å². The van der Waals surface area contributed by atoms with E-state index in [0.717, 1.165) is 30.7 Å². The van der Waals surface area contributed by atoms with Gasteiger partial charge in [-0.15, -0.1) is 0 Å². The molecule has 2 aromatic rings. The van der Waals surface area contributed by atoms with Gasteiger partial charge in [0.15, 0.2) is 0 Å². The van der Waals surface area contributed by atoms with Gasteiger partial charge in [-0.1, -0.05) is 50.6 Å². The van der Waals surface area contributed by atoms with E-state index in [4.69, 9.17) is 0 Å². The number of nitrogens with zero attached hydrogens (tertiary/aromatic N) is 2. The number of aliphatic carboxylic acids is 1. The van der Waals surface area contributed by atoms with Crippen LogP contribution in [0.2, 0.25) is 0 Å². The van der Waals surface area contributed by atoms with Crippen LogP contribution in [-0.4, -0.2) is 27.1 Å². The Morgan fingerprint density at radius 3 is 2.38 bits per heavy atom. The summed E-state index contributed by atoms with van der Waals surface area (Å²) in [7, 11) is 0. The van der Waals surface area contributed by atoms with Gasteiger partial charge >= 0.3 is 5.97 Å². The molecule has 0 saturated heterocycles. The SMILES string of the molecule is CC[C@@H](C)[C@@H](NCc1cnc(CCc2ccccc2)nc1)C(=O)O. The first-order valence-electron chi connectivity index (χ1n) is 8.40. The lowest BCUT2D eigenvalue weighted by atomic mass is 9.99. The quantitative estimate of drug-likeness (QED) is 0.741. The molecule has 1 aromatic heterocycles. The van der Waals surface area contributed by atoms with Crippen LogP contribution in [0.25, 0.3) is 0 Å². The molecule has 5 heteroatoms. The molecule has 0 saturated carbocycles. The van der Waals surface area contributed by atoms with Crippen LogP contribution < -0.4 is 5.32 Å². The molecule has 2 rings (SSSR count). The second kappa shape index (κ2) is 9.13. The number of carbonyl (C=O) groups is 1. The number of hydrogen-bond acceptors (Lipinski definition) is 4. The lowest BCUT2D eigenvalue weighted by Gasteiger charge is -2.20. The van der Waals surface area contributed by atoms with Crippen LogP contribution in [0.4, 0.5) is 0 Å². The predicted octanol–water partition coefficient (Wildman–Crippen LogP) is 2.85. The van der Waals surface area contributed by atoms with Crippen LogP contribution in [0.3, 0.4) is 0 Å². The van der Waals surface area contributed by atoms with Crippen molar-refractivity contribution in [3.63, 3.8) is 0 Å². The summed E-state index contributed by atoms with van der Waals surface area (Å²) in [6.45, 7) is 4.39. The number of hydrogen-bond donors (Lipinski definition) is 2. The van der Waals surface area contributed by atoms with Crippen LogP contribution in [0.5, 0.6) is 0 Å². The molecule has 1 heterocycles. The van der Waals surface area contributed by atoms with E-state index < -0.39 is 12.0 Å². The van der Waals surface area contributed by atoms with Crippen LogP contribution in [0.15, 0.2) is 42.7 Å². The molecule has 24 heavy (non-hydrogen) atoms. The summed E-state index contributed by atoms with van der Waals surface area (Å²) in [4.78, 5) is 20.1. The monoisotopic (exact) mass is 327 g/mol. The summed E-state index contributed by atoms with van der Waals surface area (Å²) >= 11 is 0. The van der Waals surface area contributed by atoms with Crippen molar-refractivity contribution in [2.24, 2.45) is 5.92 Å². The highest BCUT2D eigenvalue weighted by Crippen LogP contribution is 2.09. The maximum Gasteiger partial charge on any atom is 0.320 e. The predicted molar refractivity (Wildman–Crippen MR) is 93.6 cm³/mol. The second-order valence-electron chi connectivity index (χ2n) is 6.08. The third-order valence-corrected chi connectivity index (χ3v) is 4.24. The number of nitrogens with one attached hydrogen (secondary N) is 1. The minimum Gasteiger partial charge on any atom is -0.480 e. The van der Waals surface area contributed by atoms with Gasteiger partial charge in [-0.2, -0.15) is 0 Å². The molecule has 0 amide bonds. The standard InChI is InChI=1S/C19H25N3O2/c1-3-14(2)18(19(23)24)22-13-16-11-20-17(21-12-16)10-9-15-7-5-4-6-8-15/h4-8,11-12,14,18,22H,3,9-10,13H2,1-2H3,(H,23,24)/t14-,18-/m1/s1. The van der Waals surface area contributed by atoms with Crippen molar-refractivity contribution in [1.82, 2.24) is 15.3 Å². The third kappa shape index (κ3) is 5.42. The molecule has 0 aliphatic heterocycles. The van der Waals surface area contributed by atoms with E-state index in [1.165, 1.54) is 5.56 Å². The van der Waals surface area contributed by atoms with Gasteiger partial charge in [0.2, 0.25) is 0 Å². The van der Waals surface area contributed by atoms with Crippen molar-refractivity contribution in [2.75, 3.05) is 0 Å². The topological polar surface area (TPSA) is 75.1 Å². The molecule has 2 N–H and O–H groups in total. The molecule has 5 nitrogen and oxygen atoms in total. The lowest BCUT2D eigenvalue weighted by Crippen LogP contribution is -2.41. The molecule has 0 spiro atoms. The molecule has 0 bridgehead atoms. The summed E-state index contributed by atoms with van der Waals surface area (Å²) in [6, 6.07) is 9.71. The van der Waals surface area contributed by atoms with E-state index in [0.29, 0.717) is 6.54 Å². The Bertz CT molecular complexity index is 629. The summed E-state index contributed by atoms with van der Waals surface area (Å²) in [5.41, 5.74) is 2.16. The highest BCUT2D eigenvalue weighted by atomic mass is 16.4. The minimum atomic E-state index is -0.815. The summed E-state index contributed by atoms with van der Waals surface area (Å²) < 4.78 is 0. The Hall–Kier alpha value is -2.27. The zero-order valence-corrected chi connectivity index (χ0v) is 14.3. The Kier molecular flexibility index (Phi) is 6.88. The zero-order valence-electron chi connectivity index (χ0n) is 14.3. The van der Waals surface area contributed by atoms with E-state index in [1.54, 1.807) is 12.4 Å². The van der Waals surface area contributed by atoms with Crippen LogP contribution in [0, 0.1) is 5.92 Å². The Labute approximate surface area is 143 Å². The van der Waals surface area contributed by atoms with E-state index in [2.05, 4.69) is 27.4 Å².